The van der Waals surface area contributed by atoms with Crippen molar-refractivity contribution in [3.8, 4) is 5.75 Å². The first-order chi connectivity index (χ1) is 12.9. The van der Waals surface area contributed by atoms with E-state index in [9.17, 15) is 14.4 Å². The highest BCUT2D eigenvalue weighted by Gasteiger charge is 2.48. The van der Waals surface area contributed by atoms with Crippen LogP contribution in [-0.4, -0.2) is 30.0 Å². The number of hydrogen-bond acceptors (Lipinski definition) is 5. The molecule has 27 heavy (non-hydrogen) atoms. The van der Waals surface area contributed by atoms with Gasteiger partial charge in [0.05, 0.1) is 12.3 Å². The van der Waals surface area contributed by atoms with Crippen LogP contribution in [0.3, 0.4) is 0 Å². The Morgan fingerprint density at radius 3 is 2.78 bits per heavy atom. The van der Waals surface area contributed by atoms with E-state index < -0.39 is 17.5 Å². The number of benzene rings is 1. The summed E-state index contributed by atoms with van der Waals surface area (Å²) in [5.74, 6) is -0.405. The summed E-state index contributed by atoms with van der Waals surface area (Å²) in [6, 6.07) is 4.95. The molecular weight excluding hydrogens is 348 g/mol. The Morgan fingerprint density at radius 1 is 1.33 bits per heavy atom. The molecule has 0 unspecified atom stereocenters. The molecule has 0 aromatic heterocycles. The summed E-state index contributed by atoms with van der Waals surface area (Å²) in [5, 5.41) is 5.52. The number of amides is 2. The fourth-order valence-electron chi connectivity index (χ4n) is 3.56. The highest BCUT2D eigenvalue weighted by molar-refractivity contribution is 6.14. The fraction of sp³-hybridized carbons (Fsp3) is 0.550. The van der Waals surface area contributed by atoms with Crippen LogP contribution in [0, 0.1) is 5.92 Å². The molecule has 1 heterocycles. The third-order valence-electron chi connectivity index (χ3n) is 5.18. The Morgan fingerprint density at radius 2 is 2.07 bits per heavy atom. The second-order valence-corrected chi connectivity index (χ2v) is 7.26. The molecule has 1 saturated carbocycles. The molecule has 1 aliphatic carbocycles. The molecule has 0 bridgehead atoms. The molecule has 0 saturated heterocycles. The number of carbonyl (C=O) groups is 3. The van der Waals surface area contributed by atoms with Crippen molar-refractivity contribution < 1.29 is 23.9 Å². The molecular formula is C20H26N2O5. The van der Waals surface area contributed by atoms with Crippen molar-refractivity contribution in [2.45, 2.75) is 58.0 Å². The SMILES string of the molecule is CCOC(=O)[C@@]1(C)Oc2cc(NC(=O)CCC3CCCC3)ccc2NC1=O. The lowest BCUT2D eigenvalue weighted by Crippen LogP contribution is -2.55. The average molecular weight is 374 g/mol. The lowest BCUT2D eigenvalue weighted by molar-refractivity contribution is -0.165. The van der Waals surface area contributed by atoms with Crippen LogP contribution in [0.15, 0.2) is 18.2 Å². The van der Waals surface area contributed by atoms with Crippen molar-refractivity contribution in [2.75, 3.05) is 17.2 Å². The fourth-order valence-corrected chi connectivity index (χ4v) is 3.56. The zero-order valence-corrected chi connectivity index (χ0v) is 15.8. The van der Waals surface area contributed by atoms with Crippen molar-refractivity contribution in [1.29, 1.82) is 0 Å². The van der Waals surface area contributed by atoms with E-state index >= 15 is 0 Å². The summed E-state index contributed by atoms with van der Waals surface area (Å²) >= 11 is 0. The Balaban J connectivity index is 1.66. The molecule has 1 atom stereocenters. The van der Waals surface area contributed by atoms with E-state index in [1.54, 1.807) is 25.1 Å². The van der Waals surface area contributed by atoms with E-state index in [1.807, 2.05) is 0 Å². The van der Waals surface area contributed by atoms with Gasteiger partial charge in [0.2, 0.25) is 5.91 Å². The largest absolute Gasteiger partial charge is 0.464 e. The van der Waals surface area contributed by atoms with Crippen molar-refractivity contribution in [1.82, 2.24) is 0 Å². The van der Waals surface area contributed by atoms with Crippen LogP contribution in [0.25, 0.3) is 0 Å². The molecule has 7 heteroatoms. The Bertz CT molecular complexity index is 742. The summed E-state index contributed by atoms with van der Waals surface area (Å²) in [6.45, 7) is 3.18. The van der Waals surface area contributed by atoms with Gasteiger partial charge in [0.25, 0.3) is 11.5 Å². The molecule has 0 spiro atoms. The zero-order valence-electron chi connectivity index (χ0n) is 15.8. The monoisotopic (exact) mass is 374 g/mol. The number of nitrogens with one attached hydrogen (secondary N) is 2. The lowest BCUT2D eigenvalue weighted by Gasteiger charge is -2.32. The maximum Gasteiger partial charge on any atom is 0.360 e. The lowest BCUT2D eigenvalue weighted by atomic mass is 10.0. The summed E-state index contributed by atoms with van der Waals surface area (Å²) < 4.78 is 10.6. The van der Waals surface area contributed by atoms with Gasteiger partial charge in [-0.3, -0.25) is 9.59 Å². The normalized spacial score (nSPS) is 21.8. The van der Waals surface area contributed by atoms with Crippen molar-refractivity contribution in [3.05, 3.63) is 18.2 Å². The standard InChI is InChI=1S/C20H26N2O5/c1-3-26-19(25)20(2)18(24)22-15-10-9-14(12-16(15)27-20)21-17(23)11-8-13-6-4-5-7-13/h9-10,12-13H,3-8,11H2,1-2H3,(H,21,23)(H,22,24)/t20-/m0/s1. The number of hydrogen-bond donors (Lipinski definition) is 2. The summed E-state index contributed by atoms with van der Waals surface area (Å²) in [4.78, 5) is 36.6. The number of esters is 1. The van der Waals surface area contributed by atoms with Crippen LogP contribution >= 0.6 is 0 Å². The van der Waals surface area contributed by atoms with Gasteiger partial charge in [-0.1, -0.05) is 25.7 Å². The summed E-state index contributed by atoms with van der Waals surface area (Å²) in [5.41, 5.74) is -0.744. The smallest absolute Gasteiger partial charge is 0.360 e. The van der Waals surface area contributed by atoms with Gasteiger partial charge in [-0.05, 0) is 38.3 Å². The minimum absolute atomic E-state index is 0.0464. The third kappa shape index (κ3) is 4.23. The van der Waals surface area contributed by atoms with Crippen LogP contribution in [0.4, 0.5) is 11.4 Å². The van der Waals surface area contributed by atoms with Crippen LogP contribution in [0.5, 0.6) is 5.75 Å². The van der Waals surface area contributed by atoms with Gasteiger partial charge in [0.1, 0.15) is 5.75 Å². The zero-order chi connectivity index (χ0) is 19.4. The topological polar surface area (TPSA) is 93.7 Å². The molecule has 1 fully saturated rings. The molecule has 0 radical (unpaired) electrons. The molecule has 1 aromatic rings. The van der Waals surface area contributed by atoms with Crippen LogP contribution in [-0.2, 0) is 19.1 Å². The van der Waals surface area contributed by atoms with E-state index in [0.29, 0.717) is 29.5 Å². The van der Waals surface area contributed by atoms with Crippen molar-refractivity contribution >= 4 is 29.2 Å². The Hall–Kier alpha value is -2.57. The van der Waals surface area contributed by atoms with E-state index in [-0.39, 0.29) is 12.5 Å². The predicted octanol–water partition coefficient (Wildman–Crippen LogP) is 3.25. The van der Waals surface area contributed by atoms with E-state index in [2.05, 4.69) is 10.6 Å². The first-order valence-corrected chi connectivity index (χ1v) is 9.54. The third-order valence-corrected chi connectivity index (χ3v) is 5.18. The minimum atomic E-state index is -1.76. The molecule has 2 aliphatic rings. The molecule has 2 N–H and O–H groups in total. The molecule has 1 aliphatic heterocycles. The highest BCUT2D eigenvalue weighted by Crippen LogP contribution is 2.36. The van der Waals surface area contributed by atoms with Gasteiger partial charge < -0.3 is 20.1 Å². The number of fused-ring (bicyclic) bond motifs is 1. The van der Waals surface area contributed by atoms with Gasteiger partial charge in [-0.25, -0.2) is 4.79 Å². The van der Waals surface area contributed by atoms with Crippen LogP contribution in [0.1, 0.15) is 52.4 Å². The van der Waals surface area contributed by atoms with E-state index in [4.69, 9.17) is 9.47 Å². The van der Waals surface area contributed by atoms with Gasteiger partial charge in [0, 0.05) is 18.2 Å². The number of anilines is 2. The second kappa shape index (κ2) is 7.98. The van der Waals surface area contributed by atoms with Gasteiger partial charge >= 0.3 is 5.97 Å². The van der Waals surface area contributed by atoms with Crippen LogP contribution < -0.4 is 15.4 Å². The predicted molar refractivity (Wildman–Crippen MR) is 101 cm³/mol. The Labute approximate surface area is 158 Å². The van der Waals surface area contributed by atoms with Crippen molar-refractivity contribution in [3.63, 3.8) is 0 Å². The maximum atomic E-state index is 12.3. The summed E-state index contributed by atoms with van der Waals surface area (Å²) in [7, 11) is 0. The number of carbonyl (C=O) groups excluding carboxylic acids is 3. The van der Waals surface area contributed by atoms with Crippen LogP contribution in [0.2, 0.25) is 0 Å². The average Bonchev–Trinajstić information content (AvgIpc) is 3.15. The van der Waals surface area contributed by atoms with E-state index in [0.717, 1.165) is 6.42 Å². The Kier molecular flexibility index (Phi) is 5.68. The van der Waals surface area contributed by atoms with Gasteiger partial charge in [-0.2, -0.15) is 0 Å². The molecule has 3 rings (SSSR count). The molecule has 2 amide bonds. The first-order valence-electron chi connectivity index (χ1n) is 9.54. The first kappa shape index (κ1) is 19.2. The van der Waals surface area contributed by atoms with E-state index in [1.165, 1.54) is 32.6 Å². The molecule has 7 nitrogen and oxygen atoms in total. The molecule has 1 aromatic carbocycles. The number of ether oxygens (including phenoxy) is 2. The molecule has 146 valence electrons. The second-order valence-electron chi connectivity index (χ2n) is 7.26. The highest BCUT2D eigenvalue weighted by atomic mass is 16.6. The number of rotatable bonds is 6. The van der Waals surface area contributed by atoms with Crippen molar-refractivity contribution in [2.24, 2.45) is 5.92 Å². The van der Waals surface area contributed by atoms with Gasteiger partial charge in [-0.15, -0.1) is 0 Å². The maximum absolute atomic E-state index is 12.3. The quantitative estimate of drug-likeness (QED) is 0.589. The summed E-state index contributed by atoms with van der Waals surface area (Å²) in [6.07, 6.45) is 6.35. The minimum Gasteiger partial charge on any atom is -0.464 e. The van der Waals surface area contributed by atoms with Gasteiger partial charge in [0.15, 0.2) is 0 Å².